The molecule has 2 rings (SSSR count). The van der Waals surface area contributed by atoms with E-state index in [1.54, 1.807) is 0 Å². The number of benzene rings is 2. The summed E-state index contributed by atoms with van der Waals surface area (Å²) in [7, 11) is 0. The molecule has 1 heteroatoms. The Hall–Kier alpha value is -1.34. The molecule has 0 N–H and O–H groups in total. The molecule has 0 saturated carbocycles. The Balaban J connectivity index is 2.44. The third kappa shape index (κ3) is 2.37. The van der Waals surface area contributed by atoms with E-state index in [1.807, 2.05) is 12.1 Å². The van der Waals surface area contributed by atoms with Gasteiger partial charge in [-0.05, 0) is 34.9 Å². The van der Waals surface area contributed by atoms with Gasteiger partial charge in [-0.15, -0.1) is 0 Å². The number of hydrogen-bond acceptors (Lipinski definition) is 0. The second kappa shape index (κ2) is 4.45. The van der Waals surface area contributed by atoms with Crippen LogP contribution in [0, 0.1) is 0 Å². The molecule has 0 aromatic heterocycles. The van der Waals surface area contributed by atoms with Crippen molar-refractivity contribution in [2.75, 3.05) is 0 Å². The van der Waals surface area contributed by atoms with E-state index in [4.69, 9.17) is 0 Å². The molecule has 0 nitrogen and oxygen atoms in total. The van der Waals surface area contributed by atoms with E-state index in [1.165, 1.54) is 11.1 Å². The topological polar surface area (TPSA) is 0 Å². The van der Waals surface area contributed by atoms with Gasteiger partial charge in [0.15, 0.2) is 0 Å². The first-order valence-electron chi connectivity index (χ1n) is 4.78. The minimum atomic E-state index is 1.10. The monoisotopic (exact) mass is 258 g/mol. The van der Waals surface area contributed by atoms with Crippen LogP contribution in [0.15, 0.2) is 59.6 Å². The average molecular weight is 259 g/mol. The summed E-state index contributed by atoms with van der Waals surface area (Å²) < 4.78 is 1.10. The van der Waals surface area contributed by atoms with Crippen LogP contribution in [-0.4, -0.2) is 0 Å². The van der Waals surface area contributed by atoms with Crippen LogP contribution in [0.3, 0.4) is 0 Å². The number of rotatable bonds is 2. The van der Waals surface area contributed by atoms with Gasteiger partial charge in [-0.3, -0.25) is 0 Å². The second-order valence-corrected chi connectivity index (χ2v) is 4.25. The zero-order valence-corrected chi connectivity index (χ0v) is 9.87. The van der Waals surface area contributed by atoms with Crippen LogP contribution in [0.5, 0.6) is 0 Å². The Morgan fingerprint density at radius 1 is 0.933 bits per heavy atom. The van der Waals surface area contributed by atoms with Crippen LogP contribution in [0.25, 0.3) is 17.2 Å². The lowest BCUT2D eigenvalue weighted by Crippen LogP contribution is -1.78. The first-order chi connectivity index (χ1) is 7.29. The zero-order chi connectivity index (χ0) is 10.7. The largest absolute Gasteiger partial charge is 0.0985 e. The Bertz CT molecular complexity index is 469. The van der Waals surface area contributed by atoms with Crippen LogP contribution in [0.4, 0.5) is 0 Å². The van der Waals surface area contributed by atoms with Gasteiger partial charge in [0, 0.05) is 4.47 Å². The van der Waals surface area contributed by atoms with Crippen LogP contribution in [0.1, 0.15) is 5.56 Å². The molecule has 74 valence electrons. The highest BCUT2D eigenvalue weighted by Crippen LogP contribution is 2.22. The third-order valence-electron chi connectivity index (χ3n) is 2.30. The van der Waals surface area contributed by atoms with Gasteiger partial charge in [0.25, 0.3) is 0 Å². The molecule has 0 saturated heterocycles. The van der Waals surface area contributed by atoms with Crippen molar-refractivity contribution in [3.05, 3.63) is 65.1 Å². The minimum absolute atomic E-state index is 1.10. The van der Waals surface area contributed by atoms with Gasteiger partial charge < -0.3 is 0 Å². The zero-order valence-electron chi connectivity index (χ0n) is 8.28. The smallest absolute Gasteiger partial charge is 0.0175 e. The van der Waals surface area contributed by atoms with Crippen LogP contribution in [0.2, 0.25) is 0 Å². The summed E-state index contributed by atoms with van der Waals surface area (Å²) >= 11 is 3.43. The predicted octanol–water partition coefficient (Wildman–Crippen LogP) is 4.76. The molecule has 0 atom stereocenters. The molecule has 0 radical (unpaired) electrons. The molecule has 0 aliphatic rings. The van der Waals surface area contributed by atoms with E-state index in [9.17, 15) is 0 Å². The van der Waals surface area contributed by atoms with Crippen LogP contribution < -0.4 is 0 Å². The summed E-state index contributed by atoms with van der Waals surface area (Å²) in [6.07, 6.45) is 1.86. The molecule has 2 aromatic carbocycles. The van der Waals surface area contributed by atoms with Crippen molar-refractivity contribution >= 4 is 22.0 Å². The van der Waals surface area contributed by atoms with Crippen LogP contribution in [-0.2, 0) is 0 Å². The summed E-state index contributed by atoms with van der Waals surface area (Å²) in [4.78, 5) is 0. The van der Waals surface area contributed by atoms with E-state index >= 15 is 0 Å². The summed E-state index contributed by atoms with van der Waals surface area (Å²) in [5.74, 6) is 0. The van der Waals surface area contributed by atoms with Gasteiger partial charge in [-0.1, -0.05) is 58.9 Å². The van der Waals surface area contributed by atoms with Crippen molar-refractivity contribution in [3.63, 3.8) is 0 Å². The lowest BCUT2D eigenvalue weighted by atomic mass is 10.0. The van der Waals surface area contributed by atoms with E-state index < -0.39 is 0 Å². The SMILES string of the molecule is C=Cc1cccc(-c2ccc(Br)cc2)c1. The van der Waals surface area contributed by atoms with Gasteiger partial charge in [-0.25, -0.2) is 0 Å². The van der Waals surface area contributed by atoms with Crippen molar-refractivity contribution in [1.82, 2.24) is 0 Å². The Morgan fingerprint density at radius 2 is 1.67 bits per heavy atom. The standard InChI is InChI=1S/C14H11Br/c1-2-11-4-3-5-13(10-11)12-6-8-14(15)9-7-12/h2-10H,1H2. The van der Waals surface area contributed by atoms with Gasteiger partial charge in [0.2, 0.25) is 0 Å². The Kier molecular flexibility index (Phi) is 3.02. The lowest BCUT2D eigenvalue weighted by Gasteiger charge is -2.02. The quantitative estimate of drug-likeness (QED) is 0.729. The molecule has 0 fully saturated rings. The highest BCUT2D eigenvalue weighted by Gasteiger charge is 1.97. The van der Waals surface area contributed by atoms with E-state index in [-0.39, 0.29) is 0 Å². The number of hydrogen-bond donors (Lipinski definition) is 0. The maximum atomic E-state index is 3.77. The molecule has 0 amide bonds. The van der Waals surface area contributed by atoms with Crippen molar-refractivity contribution in [2.24, 2.45) is 0 Å². The fourth-order valence-electron chi connectivity index (χ4n) is 1.49. The molecule has 0 aliphatic carbocycles. The average Bonchev–Trinajstić information content (AvgIpc) is 2.30. The van der Waals surface area contributed by atoms with E-state index in [2.05, 4.69) is 65.0 Å². The summed E-state index contributed by atoms with van der Waals surface area (Å²) in [5.41, 5.74) is 3.59. The number of halogens is 1. The molecule has 0 unspecified atom stereocenters. The molecule has 0 heterocycles. The van der Waals surface area contributed by atoms with Gasteiger partial charge in [-0.2, -0.15) is 0 Å². The molecule has 0 bridgehead atoms. The van der Waals surface area contributed by atoms with E-state index in [0.29, 0.717) is 0 Å². The maximum absolute atomic E-state index is 3.77. The van der Waals surface area contributed by atoms with Crippen LogP contribution >= 0.6 is 15.9 Å². The summed E-state index contributed by atoms with van der Waals surface area (Å²) in [6, 6.07) is 16.7. The maximum Gasteiger partial charge on any atom is 0.0175 e. The van der Waals surface area contributed by atoms with Crippen molar-refractivity contribution in [3.8, 4) is 11.1 Å². The molecule has 0 aliphatic heterocycles. The lowest BCUT2D eigenvalue weighted by molar-refractivity contribution is 1.58. The molecular formula is C14H11Br. The first-order valence-corrected chi connectivity index (χ1v) is 5.57. The van der Waals surface area contributed by atoms with Gasteiger partial charge >= 0.3 is 0 Å². The second-order valence-electron chi connectivity index (χ2n) is 3.34. The fraction of sp³-hybridized carbons (Fsp3) is 0. The van der Waals surface area contributed by atoms with Crippen molar-refractivity contribution in [1.29, 1.82) is 0 Å². The fourth-order valence-corrected chi connectivity index (χ4v) is 1.75. The highest BCUT2D eigenvalue weighted by molar-refractivity contribution is 9.10. The van der Waals surface area contributed by atoms with E-state index in [0.717, 1.165) is 10.0 Å². The Labute approximate surface area is 98.4 Å². The first kappa shape index (κ1) is 10.2. The molecule has 0 spiro atoms. The minimum Gasteiger partial charge on any atom is -0.0985 e. The third-order valence-corrected chi connectivity index (χ3v) is 2.83. The summed E-state index contributed by atoms with van der Waals surface area (Å²) in [5, 5.41) is 0. The van der Waals surface area contributed by atoms with Gasteiger partial charge in [0.1, 0.15) is 0 Å². The van der Waals surface area contributed by atoms with Crippen molar-refractivity contribution < 1.29 is 0 Å². The highest BCUT2D eigenvalue weighted by atomic mass is 79.9. The normalized spacial score (nSPS) is 9.93. The predicted molar refractivity (Wildman–Crippen MR) is 69.7 cm³/mol. The molecular weight excluding hydrogens is 248 g/mol. The Morgan fingerprint density at radius 3 is 2.33 bits per heavy atom. The van der Waals surface area contributed by atoms with Crippen molar-refractivity contribution in [2.45, 2.75) is 0 Å². The van der Waals surface area contributed by atoms with Gasteiger partial charge in [0.05, 0.1) is 0 Å². The molecule has 15 heavy (non-hydrogen) atoms. The molecule has 2 aromatic rings. The summed E-state index contributed by atoms with van der Waals surface area (Å²) in [6.45, 7) is 3.77.